The largest absolute Gasteiger partial charge is 0.373 e. The maximum absolute atomic E-state index is 13.9. The van der Waals surface area contributed by atoms with Gasteiger partial charge in [-0.2, -0.15) is 0 Å². The number of hydrogen-bond donors (Lipinski definition) is 1. The minimum absolute atomic E-state index is 0.0121. The predicted octanol–water partition coefficient (Wildman–Crippen LogP) is 1.65. The third-order valence-electron chi connectivity index (χ3n) is 2.55. The number of aliphatic hydroxyl groups excluding tert-OH is 1. The van der Waals surface area contributed by atoms with Gasteiger partial charge in [0.05, 0.1) is 19.8 Å². The van der Waals surface area contributed by atoms with Crippen LogP contribution in [0.25, 0.3) is 0 Å². The highest BCUT2D eigenvalue weighted by Crippen LogP contribution is 2.27. The molecule has 0 spiro atoms. The molecule has 1 saturated heterocycles. The van der Waals surface area contributed by atoms with Gasteiger partial charge >= 0.3 is 0 Å². The first-order valence-electron chi connectivity index (χ1n) is 5.28. The molecule has 1 aliphatic heterocycles. The first-order valence-corrected chi connectivity index (χ1v) is 5.28. The topological polar surface area (TPSA) is 38.7 Å². The summed E-state index contributed by atoms with van der Waals surface area (Å²) in [4.78, 5) is 0. The Morgan fingerprint density at radius 2 is 2.19 bits per heavy atom. The average Bonchev–Trinajstić information content (AvgIpc) is 2.60. The summed E-state index contributed by atoms with van der Waals surface area (Å²) in [7, 11) is 0. The van der Waals surface area contributed by atoms with E-state index >= 15 is 0 Å². The summed E-state index contributed by atoms with van der Waals surface area (Å²) in [5.74, 6) is 0. The number of benzene rings is 1. The summed E-state index contributed by atoms with van der Waals surface area (Å²) in [6, 6.07) is 9.58. The van der Waals surface area contributed by atoms with Crippen LogP contribution >= 0.6 is 0 Å². The second-order valence-electron chi connectivity index (χ2n) is 4.10. The van der Waals surface area contributed by atoms with Gasteiger partial charge in [-0.3, -0.25) is 0 Å². The Morgan fingerprint density at radius 3 is 2.81 bits per heavy atom. The normalized spacial score (nSPS) is 29.5. The Kier molecular flexibility index (Phi) is 3.53. The molecular formula is C12H15FO3. The molecule has 2 atom stereocenters. The lowest BCUT2D eigenvalue weighted by atomic mass is 10.1. The minimum Gasteiger partial charge on any atom is -0.373 e. The first-order chi connectivity index (χ1) is 7.68. The smallest absolute Gasteiger partial charge is 0.162 e. The molecule has 0 aliphatic carbocycles. The van der Waals surface area contributed by atoms with Crippen molar-refractivity contribution in [2.75, 3.05) is 13.2 Å². The maximum Gasteiger partial charge on any atom is 0.162 e. The van der Waals surface area contributed by atoms with Crippen LogP contribution in [-0.4, -0.2) is 30.3 Å². The number of hydrogen-bond acceptors (Lipinski definition) is 3. The van der Waals surface area contributed by atoms with Crippen molar-refractivity contribution < 1.29 is 19.0 Å². The number of rotatable bonds is 4. The third kappa shape index (κ3) is 3.01. The van der Waals surface area contributed by atoms with Crippen molar-refractivity contribution in [1.82, 2.24) is 0 Å². The quantitative estimate of drug-likeness (QED) is 0.848. The molecule has 2 rings (SSSR count). The third-order valence-corrected chi connectivity index (χ3v) is 2.55. The fraction of sp³-hybridized carbons (Fsp3) is 0.500. The minimum atomic E-state index is -1.55. The molecule has 1 heterocycles. The number of halogens is 1. The molecule has 0 bridgehead atoms. The lowest BCUT2D eigenvalue weighted by Gasteiger charge is -2.16. The summed E-state index contributed by atoms with van der Waals surface area (Å²) < 4.78 is 23.9. The summed E-state index contributed by atoms with van der Waals surface area (Å²) in [6.07, 6.45) is -1.01. The van der Waals surface area contributed by atoms with Crippen molar-refractivity contribution in [1.29, 1.82) is 0 Å². The van der Waals surface area contributed by atoms with Crippen LogP contribution in [0, 0.1) is 0 Å². The zero-order valence-electron chi connectivity index (χ0n) is 8.93. The van der Waals surface area contributed by atoms with Crippen LogP contribution in [0.2, 0.25) is 0 Å². The van der Waals surface area contributed by atoms with Gasteiger partial charge in [0, 0.05) is 6.42 Å². The summed E-state index contributed by atoms with van der Waals surface area (Å²) in [5.41, 5.74) is -0.542. The van der Waals surface area contributed by atoms with Crippen LogP contribution in [0.5, 0.6) is 0 Å². The first kappa shape index (κ1) is 11.5. The van der Waals surface area contributed by atoms with Gasteiger partial charge in [0.25, 0.3) is 0 Å². The molecule has 1 fully saturated rings. The monoisotopic (exact) mass is 226 g/mol. The summed E-state index contributed by atoms with van der Waals surface area (Å²) in [5, 5.41) is 9.06. The second kappa shape index (κ2) is 4.91. The average molecular weight is 226 g/mol. The van der Waals surface area contributed by atoms with E-state index in [1.807, 2.05) is 30.3 Å². The van der Waals surface area contributed by atoms with Gasteiger partial charge in [-0.1, -0.05) is 30.3 Å². The zero-order valence-corrected chi connectivity index (χ0v) is 8.93. The van der Waals surface area contributed by atoms with Gasteiger partial charge in [-0.15, -0.1) is 0 Å². The predicted molar refractivity (Wildman–Crippen MR) is 56.5 cm³/mol. The van der Waals surface area contributed by atoms with Crippen molar-refractivity contribution >= 4 is 0 Å². The highest BCUT2D eigenvalue weighted by molar-refractivity contribution is 5.13. The lowest BCUT2D eigenvalue weighted by Crippen LogP contribution is -2.30. The van der Waals surface area contributed by atoms with E-state index in [0.717, 1.165) is 5.56 Å². The molecule has 88 valence electrons. The van der Waals surface area contributed by atoms with Gasteiger partial charge in [0.2, 0.25) is 0 Å². The van der Waals surface area contributed by atoms with E-state index in [9.17, 15) is 4.39 Å². The maximum atomic E-state index is 13.9. The van der Waals surface area contributed by atoms with Crippen LogP contribution in [0.15, 0.2) is 30.3 Å². The molecule has 0 amide bonds. The van der Waals surface area contributed by atoms with E-state index in [0.29, 0.717) is 6.61 Å². The summed E-state index contributed by atoms with van der Waals surface area (Å²) in [6.45, 7) is 0.241. The molecule has 3 nitrogen and oxygen atoms in total. The molecule has 0 aromatic heterocycles. The van der Waals surface area contributed by atoms with E-state index < -0.39 is 12.0 Å². The molecule has 1 aromatic rings. The molecular weight excluding hydrogens is 211 g/mol. The molecule has 0 radical (unpaired) electrons. The lowest BCUT2D eigenvalue weighted by molar-refractivity contribution is -0.0610. The standard InChI is InChI=1S/C12H15FO3/c13-12(6-11(14)16-9-12)8-15-7-10-4-2-1-3-5-10/h1-5,11,14H,6-9H2/t11?,12-/m0/s1. The SMILES string of the molecule is OC1C[C@](F)(COCc2ccccc2)CO1. The van der Waals surface area contributed by atoms with E-state index in [-0.39, 0.29) is 19.6 Å². The van der Waals surface area contributed by atoms with Crippen molar-refractivity contribution in [3.8, 4) is 0 Å². The van der Waals surface area contributed by atoms with Gasteiger partial charge in [-0.05, 0) is 5.56 Å². The van der Waals surface area contributed by atoms with Crippen LogP contribution in [0.3, 0.4) is 0 Å². The van der Waals surface area contributed by atoms with Gasteiger partial charge in [0.15, 0.2) is 12.0 Å². The Morgan fingerprint density at radius 1 is 1.44 bits per heavy atom. The van der Waals surface area contributed by atoms with Crippen molar-refractivity contribution in [2.45, 2.75) is 25.0 Å². The van der Waals surface area contributed by atoms with Crippen molar-refractivity contribution in [3.63, 3.8) is 0 Å². The van der Waals surface area contributed by atoms with E-state index in [4.69, 9.17) is 14.6 Å². The highest BCUT2D eigenvalue weighted by atomic mass is 19.1. The molecule has 1 N–H and O–H groups in total. The molecule has 0 saturated carbocycles. The molecule has 1 aromatic carbocycles. The van der Waals surface area contributed by atoms with E-state index in [1.54, 1.807) is 0 Å². The summed E-state index contributed by atoms with van der Waals surface area (Å²) >= 11 is 0. The van der Waals surface area contributed by atoms with Gasteiger partial charge < -0.3 is 14.6 Å². The second-order valence-corrected chi connectivity index (χ2v) is 4.10. The van der Waals surface area contributed by atoms with Crippen LogP contribution < -0.4 is 0 Å². The van der Waals surface area contributed by atoms with Gasteiger partial charge in [-0.25, -0.2) is 4.39 Å². The molecule has 1 unspecified atom stereocenters. The number of ether oxygens (including phenoxy) is 2. The van der Waals surface area contributed by atoms with E-state index in [2.05, 4.69) is 0 Å². The Bertz CT molecular complexity index is 330. The molecule has 16 heavy (non-hydrogen) atoms. The number of alkyl halides is 1. The van der Waals surface area contributed by atoms with Crippen molar-refractivity contribution in [2.24, 2.45) is 0 Å². The van der Waals surface area contributed by atoms with Crippen molar-refractivity contribution in [3.05, 3.63) is 35.9 Å². The van der Waals surface area contributed by atoms with Crippen LogP contribution in [0.1, 0.15) is 12.0 Å². The van der Waals surface area contributed by atoms with Crippen LogP contribution in [0.4, 0.5) is 4.39 Å². The molecule has 4 heteroatoms. The fourth-order valence-corrected chi connectivity index (χ4v) is 1.70. The van der Waals surface area contributed by atoms with Gasteiger partial charge in [0.1, 0.15) is 0 Å². The Balaban J connectivity index is 1.76. The zero-order chi connectivity index (χ0) is 11.4. The number of aliphatic hydroxyl groups is 1. The van der Waals surface area contributed by atoms with Crippen LogP contribution in [-0.2, 0) is 16.1 Å². The Hall–Kier alpha value is -0.970. The molecule has 1 aliphatic rings. The Labute approximate surface area is 93.8 Å². The van der Waals surface area contributed by atoms with E-state index in [1.165, 1.54) is 0 Å². The highest BCUT2D eigenvalue weighted by Gasteiger charge is 2.40. The fourth-order valence-electron chi connectivity index (χ4n) is 1.70.